The van der Waals surface area contributed by atoms with Crippen LogP contribution in [0, 0.1) is 11.8 Å². The molecule has 0 saturated carbocycles. The van der Waals surface area contributed by atoms with Crippen LogP contribution in [-0.4, -0.2) is 31.2 Å². The highest BCUT2D eigenvalue weighted by Gasteiger charge is 2.23. The van der Waals surface area contributed by atoms with E-state index in [-0.39, 0.29) is 0 Å². The minimum atomic E-state index is 1.37. The van der Waals surface area contributed by atoms with Crippen molar-refractivity contribution in [1.29, 1.82) is 5.26 Å². The second kappa shape index (κ2) is 9.66. The lowest BCUT2D eigenvalue weighted by atomic mass is 10.1. The maximum Gasteiger partial charge on any atom is 0.0784 e. The van der Waals surface area contributed by atoms with E-state index in [2.05, 4.69) is 14.0 Å². The van der Waals surface area contributed by atoms with Crippen molar-refractivity contribution in [2.45, 2.75) is 58.3 Å². The lowest BCUT2D eigenvalue weighted by molar-refractivity contribution is -0.914. The zero-order valence-corrected chi connectivity index (χ0v) is 11.2. The lowest BCUT2D eigenvalue weighted by Crippen LogP contribution is -2.48. The monoisotopic (exact) mass is 224 g/mol. The molecule has 1 rings (SSSR count). The van der Waals surface area contributed by atoms with Gasteiger partial charge in [-0.3, -0.25) is 0 Å². The number of likely N-dealkylation sites (tertiary alicyclic amines) is 1. The zero-order chi connectivity index (χ0) is 12.3. The summed E-state index contributed by atoms with van der Waals surface area (Å²) in [5.74, 6) is 0. The standard InChI is InChI=1S/C13H28N.CN/c1-3-4-5-6-8-11-14(2)12-9-7-10-13-14;1-2/h3-13H2,1-2H3;/q+1;-1. The number of rotatable bonds is 6. The van der Waals surface area contributed by atoms with Crippen molar-refractivity contribution >= 4 is 0 Å². The van der Waals surface area contributed by atoms with Crippen molar-refractivity contribution < 1.29 is 4.48 Å². The summed E-state index contributed by atoms with van der Waals surface area (Å²) in [4.78, 5) is 0. The van der Waals surface area contributed by atoms with Gasteiger partial charge in [0.15, 0.2) is 0 Å². The van der Waals surface area contributed by atoms with Crippen LogP contribution in [0.2, 0.25) is 0 Å². The largest absolute Gasteiger partial charge is 0.512 e. The molecule has 16 heavy (non-hydrogen) atoms. The summed E-state index contributed by atoms with van der Waals surface area (Å²) in [5, 5.41) is 6.25. The smallest absolute Gasteiger partial charge is 0.0784 e. The molecule has 1 saturated heterocycles. The van der Waals surface area contributed by atoms with Gasteiger partial charge in [0.1, 0.15) is 0 Å². The van der Waals surface area contributed by atoms with Crippen LogP contribution in [0.25, 0.3) is 0 Å². The van der Waals surface area contributed by atoms with Crippen LogP contribution < -0.4 is 0 Å². The van der Waals surface area contributed by atoms with E-state index < -0.39 is 0 Å². The molecule has 0 aromatic rings. The Kier molecular flexibility index (Phi) is 9.33. The first-order chi connectivity index (χ1) is 7.77. The third-order valence-corrected chi connectivity index (χ3v) is 3.70. The minimum absolute atomic E-state index is 1.37. The predicted molar refractivity (Wildman–Crippen MR) is 68.4 cm³/mol. The molecule has 0 aromatic carbocycles. The third kappa shape index (κ3) is 6.85. The van der Waals surface area contributed by atoms with Crippen molar-refractivity contribution in [3.8, 4) is 0 Å². The van der Waals surface area contributed by atoms with E-state index in [0.717, 1.165) is 0 Å². The molecule has 0 aromatic heterocycles. The highest BCUT2D eigenvalue weighted by Crippen LogP contribution is 2.17. The van der Waals surface area contributed by atoms with Gasteiger partial charge in [0, 0.05) is 0 Å². The maximum absolute atomic E-state index is 6.25. The van der Waals surface area contributed by atoms with Gasteiger partial charge in [-0.1, -0.05) is 26.2 Å². The topological polar surface area (TPSA) is 23.8 Å². The molecule has 0 N–H and O–H groups in total. The van der Waals surface area contributed by atoms with Gasteiger partial charge in [0.05, 0.1) is 26.7 Å². The van der Waals surface area contributed by atoms with Crippen LogP contribution in [0.4, 0.5) is 0 Å². The van der Waals surface area contributed by atoms with Crippen molar-refractivity contribution in [3.63, 3.8) is 0 Å². The summed E-state index contributed by atoms with van der Waals surface area (Å²) < 4.78 is 1.37. The molecule has 0 spiro atoms. The molecule has 1 fully saturated rings. The molecule has 0 atom stereocenters. The average Bonchev–Trinajstić information content (AvgIpc) is 2.32. The number of nitrogens with zero attached hydrogens (tertiary/aromatic N) is 2. The van der Waals surface area contributed by atoms with E-state index in [0.29, 0.717) is 0 Å². The van der Waals surface area contributed by atoms with Gasteiger partial charge in [0.25, 0.3) is 0 Å². The quantitative estimate of drug-likeness (QED) is 0.383. The molecule has 1 aliphatic heterocycles. The fourth-order valence-corrected chi connectivity index (χ4v) is 2.60. The molecular weight excluding hydrogens is 196 g/mol. The van der Waals surface area contributed by atoms with Crippen LogP contribution in [0.1, 0.15) is 58.3 Å². The fourth-order valence-electron chi connectivity index (χ4n) is 2.60. The van der Waals surface area contributed by atoms with Crippen LogP contribution in [0.5, 0.6) is 0 Å². The second-order valence-electron chi connectivity index (χ2n) is 5.27. The Balaban J connectivity index is 0.00000106. The number of hydrogen-bond acceptors (Lipinski definition) is 1. The van der Waals surface area contributed by atoms with Crippen molar-refractivity contribution in [3.05, 3.63) is 6.57 Å². The SMILES string of the molecule is CCCCCCC[N+]1(C)CCCCC1.[C-]#N. The summed E-state index contributed by atoms with van der Waals surface area (Å²) in [6.45, 7) is 11.4. The van der Waals surface area contributed by atoms with Gasteiger partial charge < -0.3 is 16.3 Å². The van der Waals surface area contributed by atoms with Crippen molar-refractivity contribution in [1.82, 2.24) is 0 Å². The molecule has 94 valence electrons. The Bertz CT molecular complexity index is 169. The number of piperidine rings is 1. The molecule has 0 amide bonds. The molecule has 2 nitrogen and oxygen atoms in total. The van der Waals surface area contributed by atoms with E-state index in [1.807, 2.05) is 0 Å². The number of quaternary nitrogens is 1. The molecule has 0 bridgehead atoms. The summed E-state index contributed by atoms with van der Waals surface area (Å²) >= 11 is 0. The third-order valence-electron chi connectivity index (χ3n) is 3.70. The Morgan fingerprint density at radius 1 is 0.938 bits per heavy atom. The highest BCUT2D eigenvalue weighted by atomic mass is 15.3. The maximum atomic E-state index is 6.25. The van der Waals surface area contributed by atoms with E-state index >= 15 is 0 Å². The highest BCUT2D eigenvalue weighted by molar-refractivity contribution is 4.52. The summed E-state index contributed by atoms with van der Waals surface area (Å²) in [5.41, 5.74) is 0. The first-order valence-electron chi connectivity index (χ1n) is 6.83. The van der Waals surface area contributed by atoms with Crippen LogP contribution >= 0.6 is 0 Å². The summed E-state index contributed by atoms with van der Waals surface area (Å²) in [6, 6.07) is 0. The molecule has 0 unspecified atom stereocenters. The first kappa shape index (κ1) is 15.4. The summed E-state index contributed by atoms with van der Waals surface area (Å²) in [7, 11) is 2.46. The zero-order valence-electron chi connectivity index (χ0n) is 11.2. The van der Waals surface area contributed by atoms with Gasteiger partial charge in [-0.2, -0.15) is 0 Å². The van der Waals surface area contributed by atoms with Crippen LogP contribution in [0.3, 0.4) is 0 Å². The van der Waals surface area contributed by atoms with Gasteiger partial charge >= 0.3 is 0 Å². The van der Waals surface area contributed by atoms with E-state index in [9.17, 15) is 0 Å². The number of hydrogen-bond donors (Lipinski definition) is 0. The Morgan fingerprint density at radius 2 is 1.50 bits per heavy atom. The van der Waals surface area contributed by atoms with Gasteiger partial charge in [-0.25, -0.2) is 0 Å². The molecule has 1 aliphatic rings. The Morgan fingerprint density at radius 3 is 2.06 bits per heavy atom. The van der Waals surface area contributed by atoms with Crippen molar-refractivity contribution in [2.24, 2.45) is 0 Å². The fraction of sp³-hybridized carbons (Fsp3) is 0.929. The minimum Gasteiger partial charge on any atom is -0.512 e. The van der Waals surface area contributed by atoms with E-state index in [4.69, 9.17) is 11.8 Å². The number of unbranched alkanes of at least 4 members (excludes halogenated alkanes) is 4. The average molecular weight is 224 g/mol. The molecule has 1 heterocycles. The molecule has 0 radical (unpaired) electrons. The first-order valence-corrected chi connectivity index (χ1v) is 6.83. The van der Waals surface area contributed by atoms with Crippen LogP contribution in [-0.2, 0) is 0 Å². The van der Waals surface area contributed by atoms with Crippen molar-refractivity contribution in [2.75, 3.05) is 26.7 Å². The molecular formula is C14H28N2. The second-order valence-corrected chi connectivity index (χ2v) is 5.27. The van der Waals surface area contributed by atoms with Gasteiger partial charge in [-0.15, -0.1) is 0 Å². The Hall–Kier alpha value is -0.550. The van der Waals surface area contributed by atoms with Gasteiger partial charge in [-0.05, 0) is 32.1 Å². The Labute approximate surface area is 102 Å². The lowest BCUT2D eigenvalue weighted by Gasteiger charge is -2.37. The van der Waals surface area contributed by atoms with Crippen LogP contribution in [0.15, 0.2) is 0 Å². The molecule has 0 aliphatic carbocycles. The summed E-state index contributed by atoms with van der Waals surface area (Å²) in [6.07, 6.45) is 11.6. The van der Waals surface area contributed by atoms with E-state index in [1.54, 1.807) is 0 Å². The predicted octanol–water partition coefficient (Wildman–Crippen LogP) is 3.68. The normalized spacial score (nSPS) is 18.5. The van der Waals surface area contributed by atoms with Gasteiger partial charge in [0.2, 0.25) is 0 Å². The van der Waals surface area contributed by atoms with E-state index in [1.165, 1.54) is 75.5 Å². The molecule has 2 heteroatoms.